The number of methoxy groups -OCH3 is 1. The van der Waals surface area contributed by atoms with Crippen LogP contribution < -0.4 is 10.2 Å². The molecule has 4 rings (SSSR count). The van der Waals surface area contributed by atoms with Gasteiger partial charge in [0, 0.05) is 6.04 Å². The lowest BCUT2D eigenvalue weighted by Crippen LogP contribution is -2.56. The van der Waals surface area contributed by atoms with Gasteiger partial charge in [-0.1, -0.05) is 49.6 Å². The number of imide groups is 1. The van der Waals surface area contributed by atoms with E-state index < -0.39 is 29.4 Å². The molecule has 2 aromatic rings. The van der Waals surface area contributed by atoms with E-state index in [0.717, 1.165) is 17.5 Å². The lowest BCUT2D eigenvalue weighted by molar-refractivity contribution is -0.152. The molecule has 0 saturated carbocycles. The molecule has 2 N–H and O–H groups in total. The van der Waals surface area contributed by atoms with Crippen molar-refractivity contribution in [2.45, 2.75) is 44.7 Å². The number of esters is 1. The maximum Gasteiger partial charge on any atom is 0.326 e. The largest absolute Gasteiger partial charge is 0.508 e. The highest BCUT2D eigenvalue weighted by Gasteiger charge is 2.68. The van der Waals surface area contributed by atoms with Gasteiger partial charge in [-0.25, -0.2) is 4.90 Å². The number of nitrogens with one attached hydrogen (secondary N) is 1. The molecule has 0 radical (unpaired) electrons. The molecule has 4 atom stereocenters. The number of rotatable bonds is 6. The molecular formula is C25H28N2O5. The van der Waals surface area contributed by atoms with Gasteiger partial charge in [0.2, 0.25) is 11.8 Å². The van der Waals surface area contributed by atoms with Gasteiger partial charge in [0.1, 0.15) is 11.3 Å². The number of phenolic OH excluding ortho intramolecular Hbond substituents is 1. The van der Waals surface area contributed by atoms with E-state index >= 15 is 0 Å². The van der Waals surface area contributed by atoms with Crippen LogP contribution in [0.15, 0.2) is 48.5 Å². The first kappa shape index (κ1) is 22.0. The number of aromatic hydroxyl groups is 1. The lowest BCUT2D eigenvalue weighted by Gasteiger charge is -2.32. The summed E-state index contributed by atoms with van der Waals surface area (Å²) in [6.45, 7) is 3.94. The number of hydrogen-bond donors (Lipinski definition) is 2. The van der Waals surface area contributed by atoms with Gasteiger partial charge in [0.05, 0.1) is 24.6 Å². The average molecular weight is 437 g/mol. The van der Waals surface area contributed by atoms with Gasteiger partial charge in [-0.3, -0.25) is 19.7 Å². The van der Waals surface area contributed by atoms with Crippen LogP contribution in [-0.2, 0) is 19.1 Å². The zero-order valence-electron chi connectivity index (χ0n) is 18.5. The van der Waals surface area contributed by atoms with E-state index in [1.165, 1.54) is 24.1 Å². The second-order valence-electron chi connectivity index (χ2n) is 8.63. The molecular weight excluding hydrogens is 408 g/mol. The molecule has 0 bridgehead atoms. The first-order valence-electron chi connectivity index (χ1n) is 10.9. The van der Waals surface area contributed by atoms with E-state index in [9.17, 15) is 19.5 Å². The number of amides is 2. The molecule has 7 nitrogen and oxygen atoms in total. The first-order valence-corrected chi connectivity index (χ1v) is 10.9. The van der Waals surface area contributed by atoms with Gasteiger partial charge in [0.25, 0.3) is 0 Å². The van der Waals surface area contributed by atoms with E-state index in [0.29, 0.717) is 18.5 Å². The maximum atomic E-state index is 13.7. The van der Waals surface area contributed by atoms with Crippen molar-refractivity contribution in [1.82, 2.24) is 5.32 Å². The predicted octanol–water partition coefficient (Wildman–Crippen LogP) is 3.25. The summed E-state index contributed by atoms with van der Waals surface area (Å²) in [4.78, 5) is 41.8. The Kier molecular flexibility index (Phi) is 5.77. The monoisotopic (exact) mass is 436 g/mol. The summed E-state index contributed by atoms with van der Waals surface area (Å²) in [6.07, 6.45) is 1.90. The highest BCUT2D eigenvalue weighted by atomic mass is 16.5. The van der Waals surface area contributed by atoms with E-state index in [1.54, 1.807) is 24.3 Å². The minimum absolute atomic E-state index is 0.101. The van der Waals surface area contributed by atoms with Crippen molar-refractivity contribution in [3.8, 4) is 5.75 Å². The number of anilines is 1. The predicted molar refractivity (Wildman–Crippen MR) is 119 cm³/mol. The van der Waals surface area contributed by atoms with Crippen LogP contribution in [0, 0.1) is 18.8 Å². The zero-order valence-corrected chi connectivity index (χ0v) is 18.5. The summed E-state index contributed by atoms with van der Waals surface area (Å²) >= 11 is 0. The van der Waals surface area contributed by atoms with Crippen molar-refractivity contribution in [2.75, 3.05) is 12.0 Å². The summed E-state index contributed by atoms with van der Waals surface area (Å²) in [5.74, 6) is -2.80. The number of phenols is 1. The number of fused-ring (bicyclic) bond motifs is 1. The molecule has 0 aromatic heterocycles. The third-order valence-corrected chi connectivity index (χ3v) is 6.67. The molecule has 0 unspecified atom stereocenters. The number of aryl methyl sites for hydroxylation is 1. The van der Waals surface area contributed by atoms with Crippen LogP contribution in [0.1, 0.15) is 43.4 Å². The standard InChI is InChI=1S/C25H28N2O5/c1-4-5-14-25(24(31)32-3)20-19(21(26-25)16-8-12-18(28)13-9-16)22(29)27(23(20)30)17-10-6-15(2)7-11-17/h6-13,19-21,26,28H,4-5,14H2,1-3H3/t19-,20+,21+,25-/m0/s1. The first-order chi connectivity index (χ1) is 15.3. The molecule has 0 aliphatic carbocycles. The fourth-order valence-electron chi connectivity index (χ4n) is 5.08. The quantitative estimate of drug-likeness (QED) is 0.533. The second-order valence-corrected chi connectivity index (χ2v) is 8.63. The zero-order chi connectivity index (χ0) is 23.0. The Morgan fingerprint density at radius 3 is 2.34 bits per heavy atom. The van der Waals surface area contributed by atoms with Crippen molar-refractivity contribution in [2.24, 2.45) is 11.8 Å². The normalized spacial score (nSPS) is 27.0. The molecule has 2 fully saturated rings. The van der Waals surface area contributed by atoms with Gasteiger partial charge in [-0.15, -0.1) is 0 Å². The molecule has 0 spiro atoms. The SMILES string of the molecule is CCCC[C@]1(C(=O)OC)N[C@H](c2ccc(O)cc2)[C@H]2C(=O)N(c3ccc(C)cc3)C(=O)[C@@H]21. The van der Waals surface area contributed by atoms with E-state index in [1.807, 2.05) is 26.0 Å². The van der Waals surface area contributed by atoms with Crippen molar-refractivity contribution in [1.29, 1.82) is 0 Å². The highest BCUT2D eigenvalue weighted by Crippen LogP contribution is 2.51. The van der Waals surface area contributed by atoms with Gasteiger partial charge in [-0.05, 0) is 43.2 Å². The summed E-state index contributed by atoms with van der Waals surface area (Å²) in [7, 11) is 1.31. The van der Waals surface area contributed by atoms with Crippen LogP contribution in [0.25, 0.3) is 0 Å². The van der Waals surface area contributed by atoms with Gasteiger partial charge >= 0.3 is 5.97 Å². The van der Waals surface area contributed by atoms with Crippen LogP contribution in [0.4, 0.5) is 5.69 Å². The number of benzene rings is 2. The minimum atomic E-state index is -1.30. The van der Waals surface area contributed by atoms with Gasteiger partial charge < -0.3 is 9.84 Å². The van der Waals surface area contributed by atoms with Crippen molar-refractivity contribution in [3.63, 3.8) is 0 Å². The van der Waals surface area contributed by atoms with Crippen LogP contribution in [0.3, 0.4) is 0 Å². The Morgan fingerprint density at radius 2 is 1.75 bits per heavy atom. The summed E-state index contributed by atoms with van der Waals surface area (Å²) in [6, 6.07) is 13.1. The van der Waals surface area contributed by atoms with E-state index in [-0.39, 0.29) is 17.6 Å². The average Bonchev–Trinajstić information content (AvgIpc) is 3.27. The number of hydrogen-bond acceptors (Lipinski definition) is 6. The topological polar surface area (TPSA) is 95.9 Å². The number of carbonyl (C=O) groups is 3. The molecule has 2 aliphatic heterocycles. The van der Waals surface area contributed by atoms with Crippen LogP contribution in [-0.4, -0.2) is 35.5 Å². The van der Waals surface area contributed by atoms with Crippen molar-refractivity contribution < 1.29 is 24.2 Å². The molecule has 168 valence electrons. The number of carbonyl (C=O) groups excluding carboxylic acids is 3. The molecule has 2 saturated heterocycles. The molecule has 2 aromatic carbocycles. The van der Waals surface area contributed by atoms with Gasteiger partial charge in [-0.2, -0.15) is 0 Å². The van der Waals surface area contributed by atoms with Crippen LogP contribution in [0.2, 0.25) is 0 Å². The van der Waals surface area contributed by atoms with Gasteiger partial charge in [0.15, 0.2) is 0 Å². The second kappa shape index (κ2) is 8.39. The lowest BCUT2D eigenvalue weighted by atomic mass is 9.76. The Hall–Kier alpha value is -3.19. The summed E-state index contributed by atoms with van der Waals surface area (Å²) in [5.41, 5.74) is 0.943. The summed E-state index contributed by atoms with van der Waals surface area (Å²) < 4.78 is 5.16. The molecule has 2 amide bonds. The number of unbranched alkanes of at least 4 members (excludes halogenated alkanes) is 1. The maximum absolute atomic E-state index is 13.7. The highest BCUT2D eigenvalue weighted by molar-refractivity contribution is 6.24. The van der Waals surface area contributed by atoms with E-state index in [4.69, 9.17) is 4.74 Å². The van der Waals surface area contributed by atoms with Crippen molar-refractivity contribution in [3.05, 3.63) is 59.7 Å². The van der Waals surface area contributed by atoms with Crippen molar-refractivity contribution >= 4 is 23.5 Å². The fourth-order valence-corrected chi connectivity index (χ4v) is 5.08. The van der Waals surface area contributed by atoms with Crippen LogP contribution in [0.5, 0.6) is 5.75 Å². The molecule has 32 heavy (non-hydrogen) atoms. The smallest absolute Gasteiger partial charge is 0.326 e. The Bertz CT molecular complexity index is 1030. The number of ether oxygens (including phenoxy) is 1. The third-order valence-electron chi connectivity index (χ3n) is 6.67. The fraction of sp³-hybridized carbons (Fsp3) is 0.400. The van der Waals surface area contributed by atoms with E-state index in [2.05, 4.69) is 5.32 Å². The Labute approximate surface area is 187 Å². The summed E-state index contributed by atoms with van der Waals surface area (Å²) in [5, 5.41) is 13.1. The minimum Gasteiger partial charge on any atom is -0.508 e. The molecule has 2 aliphatic rings. The number of nitrogens with zero attached hydrogens (tertiary/aromatic N) is 1. The molecule has 2 heterocycles. The Morgan fingerprint density at radius 1 is 1.09 bits per heavy atom. The Balaban J connectivity index is 1.85. The van der Waals surface area contributed by atoms with Crippen LogP contribution >= 0.6 is 0 Å². The third kappa shape index (κ3) is 3.37. The molecule has 7 heteroatoms.